The minimum atomic E-state index is 0.530. The molecule has 2 aromatic rings. The van der Waals surface area contributed by atoms with Crippen LogP contribution in [0.3, 0.4) is 0 Å². The van der Waals surface area contributed by atoms with E-state index in [9.17, 15) is 0 Å². The second-order valence-electron chi connectivity index (χ2n) is 6.06. The van der Waals surface area contributed by atoms with Crippen molar-refractivity contribution in [2.24, 2.45) is 0 Å². The normalized spacial score (nSPS) is 14.7. The van der Waals surface area contributed by atoms with E-state index in [-0.39, 0.29) is 0 Å². The average Bonchev–Trinajstić information content (AvgIpc) is 2.72. The molecule has 0 N–H and O–H groups in total. The predicted octanol–water partition coefficient (Wildman–Crippen LogP) is 5.58. The van der Waals surface area contributed by atoms with Gasteiger partial charge in [-0.25, -0.2) is 0 Å². The van der Waals surface area contributed by atoms with Crippen molar-refractivity contribution in [3.63, 3.8) is 0 Å². The van der Waals surface area contributed by atoms with Gasteiger partial charge in [-0.05, 0) is 69.7 Å². The van der Waals surface area contributed by atoms with Crippen molar-refractivity contribution in [2.75, 3.05) is 0 Å². The van der Waals surface area contributed by atoms with Crippen LogP contribution < -0.4 is 0 Å². The van der Waals surface area contributed by atoms with Crippen molar-refractivity contribution >= 4 is 11.6 Å². The summed E-state index contributed by atoms with van der Waals surface area (Å²) in [7, 11) is 0. The highest BCUT2D eigenvalue weighted by Crippen LogP contribution is 2.38. The second kappa shape index (κ2) is 5.29. The largest absolute Gasteiger partial charge is 0.346 e. The van der Waals surface area contributed by atoms with E-state index in [1.165, 1.54) is 42.5 Å². The zero-order chi connectivity index (χ0) is 14.3. The summed E-state index contributed by atoms with van der Waals surface area (Å²) < 4.78 is 2.54. The van der Waals surface area contributed by atoms with E-state index in [2.05, 4.69) is 37.5 Å². The lowest BCUT2D eigenvalue weighted by Gasteiger charge is -2.19. The summed E-state index contributed by atoms with van der Waals surface area (Å²) in [5, 5.41) is 0.809. The molecule has 1 aliphatic carbocycles. The molecule has 1 aliphatic rings. The first-order valence-corrected chi connectivity index (χ1v) is 7.96. The van der Waals surface area contributed by atoms with Gasteiger partial charge in [0.05, 0.1) is 0 Å². The summed E-state index contributed by atoms with van der Waals surface area (Å²) >= 11 is 6.03. The van der Waals surface area contributed by atoms with Crippen LogP contribution in [0, 0.1) is 6.92 Å². The Morgan fingerprint density at radius 2 is 1.70 bits per heavy atom. The molecule has 20 heavy (non-hydrogen) atoms. The highest BCUT2D eigenvalue weighted by molar-refractivity contribution is 6.30. The first kappa shape index (κ1) is 13.8. The Balaban J connectivity index is 2.22. The standard InChI is InChI=1S/C18H22ClN/c1-12(2)20-13(3)18(14-8-10-15(19)11-9-14)16-6-4-5-7-17(16)20/h8-12H,4-7H2,1-3H3. The minimum Gasteiger partial charge on any atom is -0.346 e. The van der Waals surface area contributed by atoms with Gasteiger partial charge in [0.2, 0.25) is 0 Å². The first-order valence-electron chi connectivity index (χ1n) is 7.58. The van der Waals surface area contributed by atoms with Crippen molar-refractivity contribution in [1.29, 1.82) is 0 Å². The van der Waals surface area contributed by atoms with Gasteiger partial charge in [-0.3, -0.25) is 0 Å². The van der Waals surface area contributed by atoms with Crippen LogP contribution in [0.5, 0.6) is 0 Å². The van der Waals surface area contributed by atoms with Crippen LogP contribution in [0.25, 0.3) is 11.1 Å². The van der Waals surface area contributed by atoms with Crippen LogP contribution in [-0.2, 0) is 12.8 Å². The quantitative estimate of drug-likeness (QED) is 0.680. The van der Waals surface area contributed by atoms with Gasteiger partial charge in [-0.15, -0.1) is 0 Å². The van der Waals surface area contributed by atoms with Crippen molar-refractivity contribution in [1.82, 2.24) is 4.57 Å². The molecule has 3 rings (SSSR count). The topological polar surface area (TPSA) is 4.93 Å². The molecule has 0 aliphatic heterocycles. The number of halogens is 1. The van der Waals surface area contributed by atoms with E-state index in [0.29, 0.717) is 6.04 Å². The second-order valence-corrected chi connectivity index (χ2v) is 6.50. The number of hydrogen-bond acceptors (Lipinski definition) is 0. The fourth-order valence-electron chi connectivity index (χ4n) is 3.66. The summed E-state index contributed by atoms with van der Waals surface area (Å²) in [5.41, 5.74) is 7.31. The van der Waals surface area contributed by atoms with Gasteiger partial charge in [0.15, 0.2) is 0 Å². The molecule has 0 radical (unpaired) electrons. The molecule has 0 atom stereocenters. The number of rotatable bonds is 2. The molecule has 1 aromatic heterocycles. The fourth-order valence-corrected chi connectivity index (χ4v) is 3.79. The zero-order valence-electron chi connectivity index (χ0n) is 12.5. The Labute approximate surface area is 126 Å². The molecule has 1 heterocycles. The summed E-state index contributed by atoms with van der Waals surface area (Å²) in [6.45, 7) is 6.84. The third-order valence-corrected chi connectivity index (χ3v) is 4.66. The van der Waals surface area contributed by atoms with E-state index >= 15 is 0 Å². The molecule has 2 heteroatoms. The highest BCUT2D eigenvalue weighted by Gasteiger charge is 2.24. The molecule has 0 saturated carbocycles. The van der Waals surface area contributed by atoms with E-state index in [4.69, 9.17) is 11.6 Å². The van der Waals surface area contributed by atoms with Gasteiger partial charge in [-0.1, -0.05) is 23.7 Å². The molecule has 0 unspecified atom stereocenters. The Hall–Kier alpha value is -1.21. The molecule has 106 valence electrons. The maximum Gasteiger partial charge on any atom is 0.0406 e. The molecule has 1 nitrogen and oxygen atoms in total. The average molecular weight is 288 g/mol. The third-order valence-electron chi connectivity index (χ3n) is 4.40. The molecule has 0 spiro atoms. The van der Waals surface area contributed by atoms with Gasteiger partial charge in [0.25, 0.3) is 0 Å². The minimum absolute atomic E-state index is 0.530. The first-order chi connectivity index (χ1) is 9.59. The number of aromatic nitrogens is 1. The molecule has 0 bridgehead atoms. The number of hydrogen-bond donors (Lipinski definition) is 0. The summed E-state index contributed by atoms with van der Waals surface area (Å²) in [6.07, 6.45) is 5.08. The Morgan fingerprint density at radius 1 is 1.05 bits per heavy atom. The molecule has 0 amide bonds. The van der Waals surface area contributed by atoms with Crippen molar-refractivity contribution < 1.29 is 0 Å². The van der Waals surface area contributed by atoms with Crippen molar-refractivity contribution in [2.45, 2.75) is 52.5 Å². The summed E-state index contributed by atoms with van der Waals surface area (Å²) in [4.78, 5) is 0. The third kappa shape index (κ3) is 2.18. The Bertz CT molecular complexity index is 620. The van der Waals surface area contributed by atoms with E-state index in [1.807, 2.05) is 12.1 Å². The molecule has 0 saturated heterocycles. The lowest BCUT2D eigenvalue weighted by molar-refractivity contribution is 0.538. The van der Waals surface area contributed by atoms with E-state index in [0.717, 1.165) is 5.02 Å². The van der Waals surface area contributed by atoms with Crippen LogP contribution in [0.2, 0.25) is 5.02 Å². The molecular weight excluding hydrogens is 266 g/mol. The van der Waals surface area contributed by atoms with E-state index < -0.39 is 0 Å². The van der Waals surface area contributed by atoms with Gasteiger partial charge < -0.3 is 4.57 Å². The van der Waals surface area contributed by atoms with Gasteiger partial charge >= 0.3 is 0 Å². The zero-order valence-corrected chi connectivity index (χ0v) is 13.3. The van der Waals surface area contributed by atoms with Crippen LogP contribution in [0.4, 0.5) is 0 Å². The van der Waals surface area contributed by atoms with Gasteiger partial charge in [0.1, 0.15) is 0 Å². The fraction of sp³-hybridized carbons (Fsp3) is 0.444. The summed E-state index contributed by atoms with van der Waals surface area (Å²) in [6, 6.07) is 8.84. The predicted molar refractivity (Wildman–Crippen MR) is 86.6 cm³/mol. The molecule has 0 fully saturated rings. The Kier molecular flexibility index (Phi) is 3.64. The lowest BCUT2D eigenvalue weighted by Crippen LogP contribution is -2.11. The maximum absolute atomic E-state index is 6.03. The van der Waals surface area contributed by atoms with E-state index in [1.54, 1.807) is 11.3 Å². The number of fused-ring (bicyclic) bond motifs is 1. The molecular formula is C18H22ClN. The number of benzene rings is 1. The van der Waals surface area contributed by atoms with Crippen LogP contribution in [0.1, 0.15) is 49.7 Å². The lowest BCUT2D eigenvalue weighted by atomic mass is 9.91. The highest BCUT2D eigenvalue weighted by atomic mass is 35.5. The van der Waals surface area contributed by atoms with Gasteiger partial charge in [0, 0.05) is 28.0 Å². The van der Waals surface area contributed by atoms with Crippen molar-refractivity contribution in [3.8, 4) is 11.1 Å². The van der Waals surface area contributed by atoms with Crippen LogP contribution >= 0.6 is 11.6 Å². The van der Waals surface area contributed by atoms with Gasteiger partial charge in [-0.2, -0.15) is 0 Å². The molecule has 1 aromatic carbocycles. The van der Waals surface area contributed by atoms with Crippen molar-refractivity contribution in [3.05, 3.63) is 46.2 Å². The summed E-state index contributed by atoms with van der Waals surface area (Å²) in [5.74, 6) is 0. The number of nitrogens with zero attached hydrogens (tertiary/aromatic N) is 1. The Morgan fingerprint density at radius 3 is 2.35 bits per heavy atom. The monoisotopic (exact) mass is 287 g/mol. The smallest absolute Gasteiger partial charge is 0.0406 e. The maximum atomic E-state index is 6.03. The SMILES string of the molecule is Cc1c(-c2ccc(Cl)cc2)c2c(n1C(C)C)CCCC2. The van der Waals surface area contributed by atoms with Crippen LogP contribution in [0.15, 0.2) is 24.3 Å². The van der Waals surface area contributed by atoms with Crippen LogP contribution in [-0.4, -0.2) is 4.57 Å².